The molecule has 3 N–H and O–H groups in total. The third-order valence-electron chi connectivity index (χ3n) is 2.60. The highest BCUT2D eigenvalue weighted by Gasteiger charge is 2.23. The Kier molecular flexibility index (Phi) is 4.19. The molecule has 0 spiro atoms. The highest BCUT2D eigenvalue weighted by atomic mass is 16.6. The Morgan fingerprint density at radius 3 is 2.65 bits per heavy atom. The van der Waals surface area contributed by atoms with Crippen molar-refractivity contribution in [3.8, 4) is 0 Å². The molecule has 1 unspecified atom stereocenters. The number of anilines is 2. The highest BCUT2D eigenvalue weighted by molar-refractivity contribution is 5.67. The van der Waals surface area contributed by atoms with Crippen LogP contribution in [0, 0.1) is 16.0 Å². The number of rotatable bonds is 5. The standard InChI is InChI=1S/C10H17N5O2/c1-4-7(6(2)3)14-10-8(15(16)17)9(11)12-5-13-10/h5-7H,4H2,1-3H3,(H3,11,12,13,14). The van der Waals surface area contributed by atoms with Gasteiger partial charge in [-0.15, -0.1) is 0 Å². The van der Waals surface area contributed by atoms with Crippen LogP contribution < -0.4 is 11.1 Å². The Bertz CT molecular complexity index is 408. The van der Waals surface area contributed by atoms with Gasteiger partial charge < -0.3 is 11.1 Å². The minimum absolute atomic E-state index is 0.114. The first kappa shape index (κ1) is 13.1. The van der Waals surface area contributed by atoms with Crippen molar-refractivity contribution >= 4 is 17.3 Å². The molecule has 0 saturated carbocycles. The van der Waals surface area contributed by atoms with E-state index in [0.717, 1.165) is 6.42 Å². The van der Waals surface area contributed by atoms with Crippen LogP contribution in [0.3, 0.4) is 0 Å². The molecular weight excluding hydrogens is 222 g/mol. The molecule has 1 atom stereocenters. The summed E-state index contributed by atoms with van der Waals surface area (Å²) in [6, 6.07) is 0.114. The van der Waals surface area contributed by atoms with Crippen molar-refractivity contribution in [1.29, 1.82) is 0 Å². The molecule has 0 aliphatic heterocycles. The van der Waals surface area contributed by atoms with Crippen LogP contribution in [0.25, 0.3) is 0 Å². The summed E-state index contributed by atoms with van der Waals surface area (Å²) in [4.78, 5) is 17.8. The fourth-order valence-electron chi connectivity index (χ4n) is 1.59. The lowest BCUT2D eigenvalue weighted by molar-refractivity contribution is -0.383. The van der Waals surface area contributed by atoms with Gasteiger partial charge in [0.25, 0.3) is 0 Å². The van der Waals surface area contributed by atoms with E-state index in [0.29, 0.717) is 5.92 Å². The van der Waals surface area contributed by atoms with Crippen molar-refractivity contribution in [1.82, 2.24) is 9.97 Å². The zero-order chi connectivity index (χ0) is 13.0. The van der Waals surface area contributed by atoms with Crippen LogP contribution in [0.5, 0.6) is 0 Å². The molecule has 0 amide bonds. The van der Waals surface area contributed by atoms with Gasteiger partial charge in [-0.1, -0.05) is 20.8 Å². The molecule has 17 heavy (non-hydrogen) atoms. The summed E-state index contributed by atoms with van der Waals surface area (Å²) in [7, 11) is 0. The average molecular weight is 239 g/mol. The van der Waals surface area contributed by atoms with Crippen LogP contribution in [0.1, 0.15) is 27.2 Å². The van der Waals surface area contributed by atoms with Gasteiger partial charge in [-0.25, -0.2) is 9.97 Å². The number of nitro groups is 1. The lowest BCUT2D eigenvalue weighted by Gasteiger charge is -2.20. The number of nitrogens with one attached hydrogen (secondary N) is 1. The average Bonchev–Trinajstić information content (AvgIpc) is 2.24. The minimum atomic E-state index is -0.565. The van der Waals surface area contributed by atoms with E-state index in [1.165, 1.54) is 6.33 Å². The van der Waals surface area contributed by atoms with Gasteiger partial charge in [-0.3, -0.25) is 10.1 Å². The quantitative estimate of drug-likeness (QED) is 0.599. The van der Waals surface area contributed by atoms with Crippen LogP contribution in [-0.2, 0) is 0 Å². The molecule has 0 bridgehead atoms. The molecule has 0 aromatic carbocycles. The number of nitrogen functional groups attached to an aromatic ring is 1. The lowest BCUT2D eigenvalue weighted by atomic mass is 10.0. The summed E-state index contributed by atoms with van der Waals surface area (Å²) in [5.41, 5.74) is 5.23. The van der Waals surface area contributed by atoms with Gasteiger partial charge in [0, 0.05) is 6.04 Å². The largest absolute Gasteiger partial charge is 0.378 e. The smallest absolute Gasteiger partial charge is 0.352 e. The van der Waals surface area contributed by atoms with E-state index >= 15 is 0 Å². The summed E-state index contributed by atoms with van der Waals surface area (Å²) in [6.07, 6.45) is 2.07. The first-order valence-electron chi connectivity index (χ1n) is 5.48. The highest BCUT2D eigenvalue weighted by Crippen LogP contribution is 2.28. The second-order valence-electron chi connectivity index (χ2n) is 4.12. The first-order valence-corrected chi connectivity index (χ1v) is 5.48. The molecule has 7 nitrogen and oxygen atoms in total. The maximum Gasteiger partial charge on any atom is 0.352 e. The van der Waals surface area contributed by atoms with Crippen molar-refractivity contribution in [3.63, 3.8) is 0 Å². The van der Waals surface area contributed by atoms with E-state index in [1.807, 2.05) is 20.8 Å². The van der Waals surface area contributed by atoms with Gasteiger partial charge in [0.2, 0.25) is 11.6 Å². The second-order valence-corrected chi connectivity index (χ2v) is 4.12. The zero-order valence-corrected chi connectivity index (χ0v) is 10.2. The normalized spacial score (nSPS) is 12.5. The second kappa shape index (κ2) is 5.42. The van der Waals surface area contributed by atoms with E-state index in [1.54, 1.807) is 0 Å². The Hall–Kier alpha value is -1.92. The SMILES string of the molecule is CCC(Nc1ncnc(N)c1[N+](=O)[O-])C(C)C. The predicted octanol–water partition coefficient (Wildman–Crippen LogP) is 1.81. The predicted molar refractivity (Wildman–Crippen MR) is 65.6 cm³/mol. The van der Waals surface area contributed by atoms with Gasteiger partial charge in [-0.05, 0) is 12.3 Å². The van der Waals surface area contributed by atoms with Crippen molar-refractivity contribution in [2.75, 3.05) is 11.1 Å². The molecule has 1 rings (SSSR count). The maximum absolute atomic E-state index is 10.9. The zero-order valence-electron chi connectivity index (χ0n) is 10.2. The van der Waals surface area contributed by atoms with Gasteiger partial charge in [0.05, 0.1) is 4.92 Å². The Labute approximate surface area is 99.6 Å². The fraction of sp³-hybridized carbons (Fsp3) is 0.600. The van der Waals surface area contributed by atoms with Crippen LogP contribution in [-0.4, -0.2) is 20.9 Å². The lowest BCUT2D eigenvalue weighted by Crippen LogP contribution is -2.26. The summed E-state index contributed by atoms with van der Waals surface area (Å²) in [5.74, 6) is 0.407. The molecule has 94 valence electrons. The maximum atomic E-state index is 10.9. The Morgan fingerprint density at radius 2 is 2.18 bits per heavy atom. The topological polar surface area (TPSA) is 107 Å². The van der Waals surface area contributed by atoms with Crippen LogP contribution in [0.2, 0.25) is 0 Å². The molecule has 0 fully saturated rings. The Balaban J connectivity index is 3.05. The number of aromatic nitrogens is 2. The molecule has 0 radical (unpaired) electrons. The van der Waals surface area contributed by atoms with Gasteiger partial charge >= 0.3 is 5.69 Å². The Morgan fingerprint density at radius 1 is 1.53 bits per heavy atom. The van der Waals surface area contributed by atoms with Crippen LogP contribution in [0.15, 0.2) is 6.33 Å². The molecule has 1 heterocycles. The number of hydrogen-bond donors (Lipinski definition) is 2. The minimum Gasteiger partial charge on any atom is -0.378 e. The van der Waals surface area contributed by atoms with Crippen molar-refractivity contribution < 1.29 is 4.92 Å². The van der Waals surface area contributed by atoms with Crippen molar-refractivity contribution in [3.05, 3.63) is 16.4 Å². The summed E-state index contributed by atoms with van der Waals surface area (Å²) < 4.78 is 0. The van der Waals surface area contributed by atoms with Crippen molar-refractivity contribution in [2.24, 2.45) is 5.92 Å². The van der Waals surface area contributed by atoms with E-state index < -0.39 is 4.92 Å². The summed E-state index contributed by atoms with van der Waals surface area (Å²) in [5, 5.41) is 13.9. The number of nitrogens with zero attached hydrogens (tertiary/aromatic N) is 3. The van der Waals surface area contributed by atoms with Gasteiger partial charge in [0.1, 0.15) is 6.33 Å². The van der Waals surface area contributed by atoms with E-state index in [4.69, 9.17) is 5.73 Å². The number of nitrogens with two attached hydrogens (primary N) is 1. The van der Waals surface area contributed by atoms with Crippen LogP contribution in [0.4, 0.5) is 17.3 Å². The summed E-state index contributed by atoms with van der Waals surface area (Å²) >= 11 is 0. The van der Waals surface area contributed by atoms with Gasteiger partial charge in [0.15, 0.2) is 0 Å². The molecule has 7 heteroatoms. The van der Waals surface area contributed by atoms with Gasteiger partial charge in [-0.2, -0.15) is 0 Å². The fourth-order valence-corrected chi connectivity index (χ4v) is 1.59. The number of hydrogen-bond acceptors (Lipinski definition) is 6. The summed E-state index contributed by atoms with van der Waals surface area (Å²) in [6.45, 7) is 6.09. The molecule has 1 aromatic rings. The van der Waals surface area contributed by atoms with E-state index in [9.17, 15) is 10.1 Å². The third kappa shape index (κ3) is 3.02. The third-order valence-corrected chi connectivity index (χ3v) is 2.60. The molecule has 0 saturated heterocycles. The molecular formula is C10H17N5O2. The van der Waals surface area contributed by atoms with Crippen LogP contribution >= 0.6 is 0 Å². The monoisotopic (exact) mass is 239 g/mol. The van der Waals surface area contributed by atoms with E-state index in [-0.39, 0.29) is 23.4 Å². The molecule has 0 aliphatic rings. The first-order chi connectivity index (χ1) is 7.97. The van der Waals surface area contributed by atoms with E-state index in [2.05, 4.69) is 15.3 Å². The molecule has 1 aromatic heterocycles. The molecule has 0 aliphatic carbocycles. The van der Waals surface area contributed by atoms with Crippen molar-refractivity contribution in [2.45, 2.75) is 33.2 Å².